The third-order valence-corrected chi connectivity index (χ3v) is 4.66. The Kier molecular flexibility index (Phi) is 4.46. The quantitative estimate of drug-likeness (QED) is 0.794. The van der Waals surface area contributed by atoms with Crippen LogP contribution in [0.15, 0.2) is 48.5 Å². The number of aryl methyl sites for hydroxylation is 1. The second kappa shape index (κ2) is 6.52. The Labute approximate surface area is 135 Å². The number of aliphatic hydroxyl groups excluding tert-OH is 1. The zero-order valence-electron chi connectivity index (χ0n) is 13.0. The summed E-state index contributed by atoms with van der Waals surface area (Å²) in [5.41, 5.74) is 3.17. The Bertz CT molecular complexity index is 713. The number of aliphatic hydroxyl groups is 1. The van der Waals surface area contributed by atoms with E-state index in [0.717, 1.165) is 30.4 Å². The van der Waals surface area contributed by atoms with E-state index in [2.05, 4.69) is 17.4 Å². The van der Waals surface area contributed by atoms with Crippen molar-refractivity contribution < 1.29 is 15.0 Å². The molecule has 2 aromatic carbocycles. The van der Waals surface area contributed by atoms with Crippen molar-refractivity contribution in [1.82, 2.24) is 5.32 Å². The van der Waals surface area contributed by atoms with Gasteiger partial charge in [-0.2, -0.15) is 0 Å². The van der Waals surface area contributed by atoms with Crippen molar-refractivity contribution in [3.8, 4) is 0 Å². The number of rotatable bonds is 5. The van der Waals surface area contributed by atoms with Crippen molar-refractivity contribution in [2.24, 2.45) is 0 Å². The second-order valence-corrected chi connectivity index (χ2v) is 6.11. The first-order chi connectivity index (χ1) is 11.1. The maximum absolute atomic E-state index is 11.1. The number of aromatic carboxylic acids is 1. The van der Waals surface area contributed by atoms with Crippen molar-refractivity contribution in [2.45, 2.75) is 31.3 Å². The summed E-state index contributed by atoms with van der Waals surface area (Å²) in [7, 11) is 0. The fourth-order valence-electron chi connectivity index (χ4n) is 3.41. The molecule has 0 bridgehead atoms. The molecule has 0 fully saturated rings. The van der Waals surface area contributed by atoms with Gasteiger partial charge in [0.2, 0.25) is 0 Å². The molecule has 4 nitrogen and oxygen atoms in total. The molecule has 0 saturated carbocycles. The van der Waals surface area contributed by atoms with Gasteiger partial charge in [-0.3, -0.25) is 0 Å². The van der Waals surface area contributed by atoms with Gasteiger partial charge in [-0.1, -0.05) is 36.4 Å². The molecule has 120 valence electrons. The molecule has 23 heavy (non-hydrogen) atoms. The van der Waals surface area contributed by atoms with Crippen molar-refractivity contribution in [2.75, 3.05) is 6.61 Å². The summed E-state index contributed by atoms with van der Waals surface area (Å²) in [5, 5.41) is 22.6. The number of carbonyl (C=O) groups is 1. The maximum atomic E-state index is 11.1. The molecule has 0 amide bonds. The molecule has 0 heterocycles. The van der Waals surface area contributed by atoms with E-state index in [1.807, 2.05) is 18.2 Å². The predicted octanol–water partition coefficient (Wildman–Crippen LogP) is 2.70. The van der Waals surface area contributed by atoms with Crippen LogP contribution < -0.4 is 5.32 Å². The number of hydrogen-bond donors (Lipinski definition) is 3. The highest BCUT2D eigenvalue weighted by Gasteiger charge is 2.35. The Morgan fingerprint density at radius 1 is 1.17 bits per heavy atom. The largest absolute Gasteiger partial charge is 0.478 e. The number of benzene rings is 2. The molecule has 4 heteroatoms. The van der Waals surface area contributed by atoms with Crippen LogP contribution in [0.2, 0.25) is 0 Å². The van der Waals surface area contributed by atoms with E-state index >= 15 is 0 Å². The highest BCUT2D eigenvalue weighted by atomic mass is 16.4. The lowest BCUT2D eigenvalue weighted by Crippen LogP contribution is -2.47. The summed E-state index contributed by atoms with van der Waals surface area (Å²) in [6.45, 7) is 0.554. The van der Waals surface area contributed by atoms with Gasteiger partial charge in [0.15, 0.2) is 0 Å². The number of nitrogens with one attached hydrogen (secondary N) is 1. The molecule has 0 aromatic heterocycles. The van der Waals surface area contributed by atoms with E-state index in [0.29, 0.717) is 6.54 Å². The van der Waals surface area contributed by atoms with Gasteiger partial charge in [-0.25, -0.2) is 4.79 Å². The van der Waals surface area contributed by atoms with Crippen molar-refractivity contribution >= 4 is 5.97 Å². The standard InChI is InChI=1S/C19H21NO3/c21-13-19(10-4-8-15-6-1-2-9-17(15)19)20-12-14-5-3-7-16(11-14)18(22)23/h1-3,5-7,9,11,20-21H,4,8,10,12-13H2,(H,22,23). The molecule has 0 aliphatic heterocycles. The van der Waals surface area contributed by atoms with Crippen LogP contribution in [0.25, 0.3) is 0 Å². The normalized spacial score (nSPS) is 20.0. The molecule has 0 saturated heterocycles. The predicted molar refractivity (Wildman–Crippen MR) is 88.4 cm³/mol. The summed E-state index contributed by atoms with van der Waals surface area (Å²) in [4.78, 5) is 11.1. The van der Waals surface area contributed by atoms with Gasteiger partial charge in [-0.15, -0.1) is 0 Å². The minimum absolute atomic E-state index is 0.0304. The Morgan fingerprint density at radius 3 is 2.78 bits per heavy atom. The average Bonchev–Trinajstić information content (AvgIpc) is 2.60. The fraction of sp³-hybridized carbons (Fsp3) is 0.316. The molecule has 2 aromatic rings. The molecule has 0 radical (unpaired) electrons. The second-order valence-electron chi connectivity index (χ2n) is 6.11. The third kappa shape index (κ3) is 3.14. The molecular weight excluding hydrogens is 290 g/mol. The molecule has 1 unspecified atom stereocenters. The van der Waals surface area contributed by atoms with Crippen LogP contribution in [0.5, 0.6) is 0 Å². The first-order valence-electron chi connectivity index (χ1n) is 7.91. The van der Waals surface area contributed by atoms with E-state index in [9.17, 15) is 9.90 Å². The molecule has 0 spiro atoms. The number of carboxylic acid groups (broad SMARTS) is 1. The Balaban J connectivity index is 1.84. The SMILES string of the molecule is O=C(O)c1cccc(CNC2(CO)CCCc3ccccc32)c1. The highest BCUT2D eigenvalue weighted by Crippen LogP contribution is 2.35. The van der Waals surface area contributed by atoms with Gasteiger partial charge in [0.25, 0.3) is 0 Å². The Hall–Kier alpha value is -2.17. The lowest BCUT2D eigenvalue weighted by molar-refractivity contribution is 0.0696. The minimum atomic E-state index is -0.924. The zero-order chi connectivity index (χ0) is 16.3. The third-order valence-electron chi connectivity index (χ3n) is 4.66. The number of fused-ring (bicyclic) bond motifs is 1. The summed E-state index contributed by atoms with van der Waals surface area (Å²) in [6, 6.07) is 15.1. The van der Waals surface area contributed by atoms with Gasteiger partial charge in [0.05, 0.1) is 17.7 Å². The molecule has 1 atom stereocenters. The minimum Gasteiger partial charge on any atom is -0.478 e. The molecule has 3 N–H and O–H groups in total. The van der Waals surface area contributed by atoms with Crippen LogP contribution in [0.1, 0.15) is 39.9 Å². The average molecular weight is 311 g/mol. The van der Waals surface area contributed by atoms with E-state index in [-0.39, 0.29) is 12.2 Å². The van der Waals surface area contributed by atoms with E-state index in [4.69, 9.17) is 5.11 Å². The van der Waals surface area contributed by atoms with Gasteiger partial charge >= 0.3 is 5.97 Å². The van der Waals surface area contributed by atoms with Gasteiger partial charge < -0.3 is 15.5 Å². The lowest BCUT2D eigenvalue weighted by Gasteiger charge is -2.39. The van der Waals surface area contributed by atoms with E-state index in [1.54, 1.807) is 18.2 Å². The van der Waals surface area contributed by atoms with Gasteiger partial charge in [-0.05, 0) is 48.1 Å². The van der Waals surface area contributed by atoms with Crippen LogP contribution in [-0.4, -0.2) is 22.8 Å². The van der Waals surface area contributed by atoms with E-state index < -0.39 is 11.5 Å². The summed E-state index contributed by atoms with van der Waals surface area (Å²) >= 11 is 0. The van der Waals surface area contributed by atoms with Crippen molar-refractivity contribution in [3.63, 3.8) is 0 Å². The van der Waals surface area contributed by atoms with Crippen LogP contribution >= 0.6 is 0 Å². The van der Waals surface area contributed by atoms with Crippen LogP contribution in [0.4, 0.5) is 0 Å². The monoisotopic (exact) mass is 311 g/mol. The van der Waals surface area contributed by atoms with E-state index in [1.165, 1.54) is 5.56 Å². The summed E-state index contributed by atoms with van der Waals surface area (Å²) in [6.07, 6.45) is 2.94. The fourth-order valence-corrected chi connectivity index (χ4v) is 3.41. The Morgan fingerprint density at radius 2 is 2.00 bits per heavy atom. The summed E-state index contributed by atoms with van der Waals surface area (Å²) in [5.74, 6) is -0.924. The summed E-state index contributed by atoms with van der Waals surface area (Å²) < 4.78 is 0. The lowest BCUT2D eigenvalue weighted by atomic mass is 9.77. The topological polar surface area (TPSA) is 69.6 Å². The van der Waals surface area contributed by atoms with Crippen LogP contribution in [0.3, 0.4) is 0 Å². The molecular formula is C19H21NO3. The van der Waals surface area contributed by atoms with Crippen molar-refractivity contribution in [3.05, 3.63) is 70.8 Å². The van der Waals surface area contributed by atoms with Gasteiger partial charge in [0, 0.05) is 6.54 Å². The zero-order valence-corrected chi connectivity index (χ0v) is 13.0. The molecule has 1 aliphatic rings. The van der Waals surface area contributed by atoms with Crippen LogP contribution in [-0.2, 0) is 18.5 Å². The number of carboxylic acids is 1. The van der Waals surface area contributed by atoms with Crippen LogP contribution in [0, 0.1) is 0 Å². The first kappa shape index (κ1) is 15.7. The smallest absolute Gasteiger partial charge is 0.335 e. The van der Waals surface area contributed by atoms with Gasteiger partial charge in [0.1, 0.15) is 0 Å². The number of hydrogen-bond acceptors (Lipinski definition) is 3. The first-order valence-corrected chi connectivity index (χ1v) is 7.91. The highest BCUT2D eigenvalue weighted by molar-refractivity contribution is 5.87. The maximum Gasteiger partial charge on any atom is 0.335 e. The molecule has 1 aliphatic carbocycles. The van der Waals surface area contributed by atoms with Crippen molar-refractivity contribution in [1.29, 1.82) is 0 Å². The molecule has 3 rings (SSSR count).